The van der Waals surface area contributed by atoms with E-state index in [2.05, 4.69) is 17.8 Å². The highest BCUT2D eigenvalue weighted by molar-refractivity contribution is 5.98. The summed E-state index contributed by atoms with van der Waals surface area (Å²) in [6.45, 7) is 3.68. The largest absolute Gasteiger partial charge is 0.496 e. The predicted octanol–water partition coefficient (Wildman–Crippen LogP) is 2.49. The standard InChI is InChI=1S/C19H22N2O4/c1-4-14-9-11-15(12-10-14)25-13(2)18(22)20-21-19(23)16-7-5-6-8-17(16)24-3/h5-13H,4H2,1-3H3,(H,20,22)(H,21,23). The Hall–Kier alpha value is -3.02. The molecule has 2 aromatic carbocycles. The van der Waals surface area contributed by atoms with Crippen LogP contribution in [-0.2, 0) is 11.2 Å². The van der Waals surface area contributed by atoms with Gasteiger partial charge in [0.25, 0.3) is 11.8 Å². The number of carbonyl (C=O) groups is 2. The van der Waals surface area contributed by atoms with Gasteiger partial charge >= 0.3 is 0 Å². The first kappa shape index (κ1) is 18.3. The van der Waals surface area contributed by atoms with Gasteiger partial charge in [-0.05, 0) is 43.2 Å². The van der Waals surface area contributed by atoms with E-state index >= 15 is 0 Å². The lowest BCUT2D eigenvalue weighted by molar-refractivity contribution is -0.128. The molecule has 0 saturated heterocycles. The third-order valence-corrected chi connectivity index (χ3v) is 3.66. The molecule has 0 bridgehead atoms. The van der Waals surface area contributed by atoms with Crippen molar-refractivity contribution in [3.05, 3.63) is 59.7 Å². The third kappa shape index (κ3) is 4.97. The Morgan fingerprint density at radius 2 is 1.72 bits per heavy atom. The lowest BCUT2D eigenvalue weighted by Crippen LogP contribution is -2.47. The number of para-hydroxylation sites is 1. The van der Waals surface area contributed by atoms with Crippen molar-refractivity contribution in [3.63, 3.8) is 0 Å². The van der Waals surface area contributed by atoms with Gasteiger partial charge in [0.15, 0.2) is 6.10 Å². The zero-order valence-electron chi connectivity index (χ0n) is 14.5. The van der Waals surface area contributed by atoms with Crippen LogP contribution in [0.1, 0.15) is 29.8 Å². The van der Waals surface area contributed by atoms with Gasteiger partial charge in [0.2, 0.25) is 0 Å². The Morgan fingerprint density at radius 1 is 1.04 bits per heavy atom. The molecule has 0 aromatic heterocycles. The van der Waals surface area contributed by atoms with Crippen molar-refractivity contribution in [3.8, 4) is 11.5 Å². The highest BCUT2D eigenvalue weighted by atomic mass is 16.5. The Morgan fingerprint density at radius 3 is 2.36 bits per heavy atom. The zero-order valence-corrected chi connectivity index (χ0v) is 14.5. The van der Waals surface area contributed by atoms with Crippen LogP contribution in [0.5, 0.6) is 11.5 Å². The molecule has 0 aliphatic rings. The molecule has 2 rings (SSSR count). The number of hydrazine groups is 1. The molecule has 0 aliphatic heterocycles. The average Bonchev–Trinajstić information content (AvgIpc) is 2.66. The maximum atomic E-state index is 12.1. The normalized spacial score (nSPS) is 11.3. The topological polar surface area (TPSA) is 76.7 Å². The maximum Gasteiger partial charge on any atom is 0.279 e. The number of rotatable bonds is 6. The zero-order chi connectivity index (χ0) is 18.2. The van der Waals surface area contributed by atoms with Gasteiger partial charge in [-0.15, -0.1) is 0 Å². The monoisotopic (exact) mass is 342 g/mol. The molecule has 6 heteroatoms. The summed E-state index contributed by atoms with van der Waals surface area (Å²) >= 11 is 0. The number of benzene rings is 2. The molecule has 132 valence electrons. The van der Waals surface area contributed by atoms with Gasteiger partial charge in [-0.25, -0.2) is 0 Å². The third-order valence-electron chi connectivity index (χ3n) is 3.66. The van der Waals surface area contributed by atoms with Crippen molar-refractivity contribution >= 4 is 11.8 Å². The van der Waals surface area contributed by atoms with Gasteiger partial charge in [-0.2, -0.15) is 0 Å². The van der Waals surface area contributed by atoms with Crippen molar-refractivity contribution in [1.82, 2.24) is 10.9 Å². The molecule has 6 nitrogen and oxygen atoms in total. The molecule has 25 heavy (non-hydrogen) atoms. The Kier molecular flexibility index (Phi) is 6.39. The van der Waals surface area contributed by atoms with Gasteiger partial charge < -0.3 is 9.47 Å². The molecule has 0 spiro atoms. The lowest BCUT2D eigenvalue weighted by atomic mass is 10.2. The van der Waals surface area contributed by atoms with Gasteiger partial charge in [-0.3, -0.25) is 20.4 Å². The molecule has 2 amide bonds. The van der Waals surface area contributed by atoms with E-state index in [9.17, 15) is 9.59 Å². The van der Waals surface area contributed by atoms with Crippen molar-refractivity contribution in [2.75, 3.05) is 7.11 Å². The molecule has 1 unspecified atom stereocenters. The number of nitrogens with one attached hydrogen (secondary N) is 2. The van der Waals surface area contributed by atoms with Crippen LogP contribution in [-0.4, -0.2) is 25.0 Å². The van der Waals surface area contributed by atoms with E-state index in [1.165, 1.54) is 12.7 Å². The summed E-state index contributed by atoms with van der Waals surface area (Å²) in [4.78, 5) is 24.2. The van der Waals surface area contributed by atoms with Crippen molar-refractivity contribution < 1.29 is 19.1 Å². The first-order chi connectivity index (χ1) is 12.0. The van der Waals surface area contributed by atoms with Crippen LogP contribution in [0.2, 0.25) is 0 Å². The van der Waals surface area contributed by atoms with Gasteiger partial charge in [-0.1, -0.05) is 31.2 Å². The Bertz CT molecular complexity index is 728. The molecule has 1 atom stereocenters. The fourth-order valence-electron chi connectivity index (χ4n) is 2.18. The number of carbonyl (C=O) groups excluding carboxylic acids is 2. The Balaban J connectivity index is 1.89. The predicted molar refractivity (Wildman–Crippen MR) is 94.5 cm³/mol. The van der Waals surface area contributed by atoms with E-state index in [4.69, 9.17) is 9.47 Å². The number of hydrogen-bond acceptors (Lipinski definition) is 4. The van der Waals surface area contributed by atoms with Crippen LogP contribution >= 0.6 is 0 Å². The summed E-state index contributed by atoms with van der Waals surface area (Å²) in [6.07, 6.45) is 0.177. The van der Waals surface area contributed by atoms with E-state index in [1.54, 1.807) is 31.2 Å². The van der Waals surface area contributed by atoms with Gasteiger partial charge in [0, 0.05) is 0 Å². The van der Waals surface area contributed by atoms with Crippen LogP contribution in [0.3, 0.4) is 0 Å². The van der Waals surface area contributed by atoms with E-state index < -0.39 is 17.9 Å². The first-order valence-corrected chi connectivity index (χ1v) is 8.04. The number of aryl methyl sites for hydroxylation is 1. The Labute approximate surface area is 147 Å². The summed E-state index contributed by atoms with van der Waals surface area (Å²) < 4.78 is 10.7. The number of amides is 2. The minimum absolute atomic E-state index is 0.328. The quantitative estimate of drug-likeness (QED) is 0.791. The second-order valence-electron chi connectivity index (χ2n) is 5.40. The molecule has 2 N–H and O–H groups in total. The summed E-state index contributed by atoms with van der Waals surface area (Å²) in [7, 11) is 1.48. The highest BCUT2D eigenvalue weighted by Crippen LogP contribution is 2.17. The summed E-state index contributed by atoms with van der Waals surface area (Å²) in [5.41, 5.74) is 6.23. The number of methoxy groups -OCH3 is 1. The highest BCUT2D eigenvalue weighted by Gasteiger charge is 2.17. The second-order valence-corrected chi connectivity index (χ2v) is 5.40. The molecule has 0 radical (unpaired) electrons. The molecule has 2 aromatic rings. The van der Waals surface area contributed by atoms with Crippen LogP contribution < -0.4 is 20.3 Å². The molecule has 0 aliphatic carbocycles. The van der Waals surface area contributed by atoms with Crippen LogP contribution in [0.4, 0.5) is 0 Å². The number of hydrogen-bond donors (Lipinski definition) is 2. The summed E-state index contributed by atoms with van der Waals surface area (Å²) in [5, 5.41) is 0. The van der Waals surface area contributed by atoms with Gasteiger partial charge in [0.1, 0.15) is 11.5 Å². The SMILES string of the molecule is CCc1ccc(OC(C)C(=O)NNC(=O)c2ccccc2OC)cc1. The van der Waals surface area contributed by atoms with Crippen molar-refractivity contribution in [1.29, 1.82) is 0 Å². The summed E-state index contributed by atoms with van der Waals surface area (Å²) in [6, 6.07) is 14.3. The van der Waals surface area contributed by atoms with Crippen LogP contribution in [0, 0.1) is 0 Å². The molecule has 0 saturated carbocycles. The average molecular weight is 342 g/mol. The molecule has 0 heterocycles. The van der Waals surface area contributed by atoms with E-state index in [1.807, 2.05) is 24.3 Å². The lowest BCUT2D eigenvalue weighted by Gasteiger charge is -2.16. The minimum Gasteiger partial charge on any atom is -0.496 e. The molecular weight excluding hydrogens is 320 g/mol. The van der Waals surface area contributed by atoms with Crippen LogP contribution in [0.25, 0.3) is 0 Å². The molecular formula is C19H22N2O4. The maximum absolute atomic E-state index is 12.1. The van der Waals surface area contributed by atoms with E-state index in [-0.39, 0.29) is 0 Å². The molecule has 0 fully saturated rings. The fourth-order valence-corrected chi connectivity index (χ4v) is 2.18. The van der Waals surface area contributed by atoms with E-state index in [0.717, 1.165) is 6.42 Å². The fraction of sp³-hybridized carbons (Fsp3) is 0.263. The minimum atomic E-state index is -0.759. The smallest absolute Gasteiger partial charge is 0.279 e. The first-order valence-electron chi connectivity index (χ1n) is 8.04. The second kappa shape index (κ2) is 8.73. The van der Waals surface area contributed by atoms with Crippen molar-refractivity contribution in [2.24, 2.45) is 0 Å². The number of ether oxygens (including phenoxy) is 2. The van der Waals surface area contributed by atoms with Crippen LogP contribution in [0.15, 0.2) is 48.5 Å². The van der Waals surface area contributed by atoms with Crippen molar-refractivity contribution in [2.45, 2.75) is 26.4 Å². The summed E-state index contributed by atoms with van der Waals surface area (Å²) in [5.74, 6) is 0.0959. The van der Waals surface area contributed by atoms with Gasteiger partial charge in [0.05, 0.1) is 12.7 Å². The van der Waals surface area contributed by atoms with E-state index in [0.29, 0.717) is 17.1 Å².